The molecule has 0 saturated heterocycles. The van der Waals surface area contributed by atoms with Gasteiger partial charge in [0, 0.05) is 8.95 Å². The van der Waals surface area contributed by atoms with Gasteiger partial charge in [0.05, 0.1) is 4.83 Å². The van der Waals surface area contributed by atoms with Gasteiger partial charge in [-0.2, -0.15) is 0 Å². The van der Waals surface area contributed by atoms with Crippen molar-refractivity contribution in [2.24, 2.45) is 0 Å². The van der Waals surface area contributed by atoms with Crippen LogP contribution in [-0.4, -0.2) is 0 Å². The SMILES string of the molecule is Brc1cccc(/C=C/C(Br)c2cccc(Br)c2)c1. The van der Waals surface area contributed by atoms with Gasteiger partial charge >= 0.3 is 0 Å². The Morgan fingerprint density at radius 1 is 0.889 bits per heavy atom. The molecule has 0 saturated carbocycles. The van der Waals surface area contributed by atoms with Crippen molar-refractivity contribution in [3.63, 3.8) is 0 Å². The second-order valence-electron chi connectivity index (χ2n) is 3.87. The van der Waals surface area contributed by atoms with Gasteiger partial charge in [0.25, 0.3) is 0 Å². The van der Waals surface area contributed by atoms with Crippen molar-refractivity contribution in [2.45, 2.75) is 4.83 Å². The molecule has 0 amide bonds. The van der Waals surface area contributed by atoms with E-state index >= 15 is 0 Å². The Morgan fingerprint density at radius 2 is 1.56 bits per heavy atom. The molecule has 0 fully saturated rings. The number of allylic oxidation sites excluding steroid dienone is 1. The van der Waals surface area contributed by atoms with Crippen LogP contribution >= 0.6 is 47.8 Å². The summed E-state index contributed by atoms with van der Waals surface area (Å²) >= 11 is 10.6. The lowest BCUT2D eigenvalue weighted by atomic mass is 10.1. The minimum Gasteiger partial charge on any atom is -0.0793 e. The zero-order valence-electron chi connectivity index (χ0n) is 9.48. The molecule has 1 unspecified atom stereocenters. The first kappa shape index (κ1) is 14.0. The van der Waals surface area contributed by atoms with Gasteiger partial charge in [-0.3, -0.25) is 0 Å². The van der Waals surface area contributed by atoms with Crippen LogP contribution in [0, 0.1) is 0 Å². The summed E-state index contributed by atoms with van der Waals surface area (Å²) in [5.74, 6) is 0. The van der Waals surface area contributed by atoms with E-state index in [4.69, 9.17) is 0 Å². The highest BCUT2D eigenvalue weighted by atomic mass is 79.9. The number of hydrogen-bond acceptors (Lipinski definition) is 0. The Balaban J connectivity index is 2.14. The van der Waals surface area contributed by atoms with Crippen LogP contribution in [0.5, 0.6) is 0 Å². The lowest BCUT2D eigenvalue weighted by molar-refractivity contribution is 1.26. The molecule has 0 aromatic heterocycles. The third kappa shape index (κ3) is 4.08. The van der Waals surface area contributed by atoms with E-state index in [0.29, 0.717) is 0 Å². The monoisotopic (exact) mass is 428 g/mol. The maximum Gasteiger partial charge on any atom is 0.0578 e. The van der Waals surface area contributed by atoms with E-state index in [9.17, 15) is 0 Å². The molecule has 0 nitrogen and oxygen atoms in total. The van der Waals surface area contributed by atoms with E-state index < -0.39 is 0 Å². The molecule has 0 heterocycles. The molecule has 0 spiro atoms. The molecule has 0 radical (unpaired) electrons. The minimum absolute atomic E-state index is 0.217. The smallest absolute Gasteiger partial charge is 0.0578 e. The second kappa shape index (κ2) is 6.69. The number of halogens is 3. The van der Waals surface area contributed by atoms with Crippen molar-refractivity contribution in [3.05, 3.63) is 74.7 Å². The highest BCUT2D eigenvalue weighted by molar-refractivity contribution is 9.10. The fraction of sp³-hybridized carbons (Fsp3) is 0.0667. The molecular weight excluding hydrogens is 420 g/mol. The summed E-state index contributed by atoms with van der Waals surface area (Å²) in [6.45, 7) is 0. The summed E-state index contributed by atoms with van der Waals surface area (Å²) in [7, 11) is 0. The maximum atomic E-state index is 3.68. The first-order valence-corrected chi connectivity index (χ1v) is 7.98. The van der Waals surface area contributed by atoms with E-state index in [2.05, 4.69) is 84.2 Å². The first-order valence-electron chi connectivity index (χ1n) is 5.48. The molecule has 18 heavy (non-hydrogen) atoms. The Morgan fingerprint density at radius 3 is 2.22 bits per heavy atom. The standard InChI is InChI=1S/C15H11Br3/c16-13-5-1-3-11(9-13)7-8-15(18)12-4-2-6-14(17)10-12/h1-10,15H/b8-7+. The molecule has 0 aliphatic heterocycles. The van der Waals surface area contributed by atoms with Gasteiger partial charge in [-0.1, -0.05) is 84.2 Å². The molecule has 0 bridgehead atoms. The summed E-state index contributed by atoms with van der Waals surface area (Å²) in [6.07, 6.45) is 4.26. The van der Waals surface area contributed by atoms with E-state index in [1.165, 1.54) is 11.1 Å². The Bertz CT molecular complexity index is 561. The van der Waals surface area contributed by atoms with Gasteiger partial charge in [-0.25, -0.2) is 0 Å². The molecule has 2 aromatic carbocycles. The number of hydrogen-bond donors (Lipinski definition) is 0. The molecule has 0 aliphatic carbocycles. The lowest BCUT2D eigenvalue weighted by Gasteiger charge is -2.05. The topological polar surface area (TPSA) is 0 Å². The van der Waals surface area contributed by atoms with E-state index in [0.717, 1.165) is 8.95 Å². The average molecular weight is 431 g/mol. The average Bonchev–Trinajstić information content (AvgIpc) is 2.36. The fourth-order valence-electron chi connectivity index (χ4n) is 1.60. The lowest BCUT2D eigenvalue weighted by Crippen LogP contribution is -1.84. The van der Waals surface area contributed by atoms with Crippen LogP contribution in [0.3, 0.4) is 0 Å². The zero-order valence-corrected chi connectivity index (χ0v) is 14.2. The number of alkyl halides is 1. The van der Waals surface area contributed by atoms with E-state index in [-0.39, 0.29) is 4.83 Å². The first-order chi connectivity index (χ1) is 8.65. The molecule has 2 aromatic rings. The van der Waals surface area contributed by atoms with Crippen molar-refractivity contribution < 1.29 is 0 Å². The minimum atomic E-state index is 0.217. The summed E-state index contributed by atoms with van der Waals surface area (Å²) in [5.41, 5.74) is 2.42. The van der Waals surface area contributed by atoms with Crippen LogP contribution in [0.4, 0.5) is 0 Å². The van der Waals surface area contributed by atoms with Crippen LogP contribution in [0.25, 0.3) is 6.08 Å². The summed E-state index contributed by atoms with van der Waals surface area (Å²) in [6, 6.07) is 16.5. The van der Waals surface area contributed by atoms with Crippen molar-refractivity contribution in [1.29, 1.82) is 0 Å². The van der Waals surface area contributed by atoms with E-state index in [1.807, 2.05) is 24.3 Å². The summed E-state index contributed by atoms with van der Waals surface area (Å²) in [4.78, 5) is 0.217. The molecule has 0 aliphatic rings. The zero-order chi connectivity index (χ0) is 13.0. The third-order valence-electron chi connectivity index (χ3n) is 2.47. The van der Waals surface area contributed by atoms with Crippen LogP contribution in [0.1, 0.15) is 16.0 Å². The Labute approximate surface area is 132 Å². The van der Waals surface area contributed by atoms with Gasteiger partial charge in [0.2, 0.25) is 0 Å². The van der Waals surface area contributed by atoms with Gasteiger partial charge in [0.15, 0.2) is 0 Å². The van der Waals surface area contributed by atoms with Crippen molar-refractivity contribution in [3.8, 4) is 0 Å². The molecule has 92 valence electrons. The normalized spacial score (nSPS) is 12.8. The molecule has 2 rings (SSSR count). The van der Waals surface area contributed by atoms with Gasteiger partial charge in [-0.15, -0.1) is 0 Å². The Kier molecular flexibility index (Phi) is 5.22. The van der Waals surface area contributed by atoms with Crippen molar-refractivity contribution >= 4 is 53.9 Å². The summed E-state index contributed by atoms with van der Waals surface area (Å²) in [5, 5.41) is 0. The molecular formula is C15H11Br3. The number of rotatable bonds is 3. The van der Waals surface area contributed by atoms with Crippen LogP contribution < -0.4 is 0 Å². The second-order valence-corrected chi connectivity index (χ2v) is 6.69. The van der Waals surface area contributed by atoms with Gasteiger partial charge in [-0.05, 0) is 35.4 Å². The molecule has 1 atom stereocenters. The number of benzene rings is 2. The predicted octanol–water partition coefficient (Wildman–Crippen LogP) is 6.36. The fourth-order valence-corrected chi connectivity index (χ4v) is 2.87. The highest BCUT2D eigenvalue weighted by Crippen LogP contribution is 2.27. The molecule has 0 N–H and O–H groups in total. The largest absolute Gasteiger partial charge is 0.0793 e. The Hall–Kier alpha value is -0.380. The maximum absolute atomic E-state index is 3.68. The predicted molar refractivity (Wildman–Crippen MR) is 89.0 cm³/mol. The molecule has 3 heteroatoms. The summed E-state index contributed by atoms with van der Waals surface area (Å²) < 4.78 is 2.19. The van der Waals surface area contributed by atoms with Gasteiger partial charge < -0.3 is 0 Å². The van der Waals surface area contributed by atoms with Crippen molar-refractivity contribution in [1.82, 2.24) is 0 Å². The van der Waals surface area contributed by atoms with Crippen LogP contribution in [-0.2, 0) is 0 Å². The van der Waals surface area contributed by atoms with Crippen molar-refractivity contribution in [2.75, 3.05) is 0 Å². The third-order valence-corrected chi connectivity index (χ3v) is 4.29. The van der Waals surface area contributed by atoms with E-state index in [1.54, 1.807) is 0 Å². The quantitative estimate of drug-likeness (QED) is 0.497. The highest BCUT2D eigenvalue weighted by Gasteiger charge is 2.03. The van der Waals surface area contributed by atoms with Gasteiger partial charge in [0.1, 0.15) is 0 Å². The van der Waals surface area contributed by atoms with Crippen LogP contribution in [0.15, 0.2) is 63.6 Å². The van der Waals surface area contributed by atoms with Crippen LogP contribution in [0.2, 0.25) is 0 Å².